The maximum atomic E-state index is 13.0. The number of carboxylic acids is 1. The van der Waals surface area contributed by atoms with Crippen LogP contribution in [0.4, 0.5) is 0 Å². The highest BCUT2D eigenvalue weighted by molar-refractivity contribution is 7.89. The van der Waals surface area contributed by atoms with Gasteiger partial charge in [-0.1, -0.05) is 0 Å². The fourth-order valence-corrected chi connectivity index (χ4v) is 4.90. The molecule has 8 heteroatoms. The van der Waals surface area contributed by atoms with E-state index in [1.807, 2.05) is 20.8 Å². The predicted octanol–water partition coefficient (Wildman–Crippen LogP) is 2.32. The molecule has 142 valence electrons. The zero-order valence-corrected chi connectivity index (χ0v) is 16.5. The van der Waals surface area contributed by atoms with E-state index in [4.69, 9.17) is 0 Å². The minimum Gasteiger partial charge on any atom is -0.480 e. The lowest BCUT2D eigenvalue weighted by molar-refractivity contribution is -0.139. The minimum atomic E-state index is -3.97. The van der Waals surface area contributed by atoms with Gasteiger partial charge in [0.15, 0.2) is 0 Å². The molecule has 2 rings (SSSR count). The molecule has 1 atom stereocenters. The molecule has 0 aliphatic rings. The fraction of sp³-hybridized carbons (Fsp3) is 0.444. The lowest BCUT2D eigenvalue weighted by Gasteiger charge is -2.21. The van der Waals surface area contributed by atoms with Crippen LogP contribution in [0.3, 0.4) is 0 Å². The lowest BCUT2D eigenvalue weighted by atomic mass is 9.95. The Kier molecular flexibility index (Phi) is 5.87. The topological polar surface area (TPSA) is 112 Å². The molecular formula is C18H25N3O4S. The quantitative estimate of drug-likeness (QED) is 0.683. The van der Waals surface area contributed by atoms with E-state index in [1.165, 1.54) is 0 Å². The van der Waals surface area contributed by atoms with Gasteiger partial charge in [0.25, 0.3) is 0 Å². The van der Waals surface area contributed by atoms with Crippen LogP contribution in [0.2, 0.25) is 0 Å². The molecule has 0 bridgehead atoms. The van der Waals surface area contributed by atoms with Crippen LogP contribution in [0.5, 0.6) is 0 Å². The molecular weight excluding hydrogens is 354 g/mol. The largest absolute Gasteiger partial charge is 0.480 e. The number of H-pyrrole nitrogens is 1. The molecule has 2 aromatic rings. The third kappa shape index (κ3) is 3.96. The number of nitrogens with one attached hydrogen (secondary N) is 2. The second kappa shape index (κ2) is 7.59. The van der Waals surface area contributed by atoms with Crippen molar-refractivity contribution < 1.29 is 18.3 Å². The predicted molar refractivity (Wildman–Crippen MR) is 98.8 cm³/mol. The van der Waals surface area contributed by atoms with Crippen LogP contribution in [0.25, 0.3) is 0 Å². The maximum absolute atomic E-state index is 13.0. The first kappa shape index (κ1) is 20.1. The molecule has 0 saturated heterocycles. The average molecular weight is 379 g/mol. The van der Waals surface area contributed by atoms with Gasteiger partial charge in [-0.05, 0) is 80.8 Å². The number of hydrogen-bond donors (Lipinski definition) is 3. The van der Waals surface area contributed by atoms with Crippen LogP contribution in [0.15, 0.2) is 17.3 Å². The molecule has 3 N–H and O–H groups in total. The molecule has 1 aromatic carbocycles. The number of aromatic amines is 1. The van der Waals surface area contributed by atoms with Gasteiger partial charge in [-0.15, -0.1) is 0 Å². The van der Waals surface area contributed by atoms with Gasteiger partial charge in [0.05, 0.1) is 11.1 Å². The molecule has 0 fully saturated rings. The fourth-order valence-electron chi connectivity index (χ4n) is 3.07. The van der Waals surface area contributed by atoms with E-state index >= 15 is 0 Å². The van der Waals surface area contributed by atoms with E-state index in [2.05, 4.69) is 14.9 Å². The standard InChI is InChI=1S/C18H25N3O4S/c1-10-11(2)13(4)17(14(5)12(10)3)26(24,25)21-16(18(22)23)7-6-15-8-19-20-9-15/h8-9,16,21H,6-7H2,1-5H3,(H,19,20)(H,22,23). The van der Waals surface area contributed by atoms with Crippen molar-refractivity contribution in [2.45, 2.75) is 58.4 Å². The molecule has 0 aliphatic carbocycles. The van der Waals surface area contributed by atoms with Crippen molar-refractivity contribution in [1.29, 1.82) is 0 Å². The Morgan fingerprint density at radius 1 is 1.12 bits per heavy atom. The smallest absolute Gasteiger partial charge is 0.321 e. The third-order valence-electron chi connectivity index (χ3n) is 5.07. The van der Waals surface area contributed by atoms with Gasteiger partial charge >= 0.3 is 5.97 Å². The van der Waals surface area contributed by atoms with Crippen LogP contribution in [0, 0.1) is 34.6 Å². The van der Waals surface area contributed by atoms with Gasteiger partial charge in [0.1, 0.15) is 6.04 Å². The Hall–Kier alpha value is -2.19. The highest BCUT2D eigenvalue weighted by atomic mass is 32.2. The molecule has 0 saturated carbocycles. The number of sulfonamides is 1. The highest BCUT2D eigenvalue weighted by Gasteiger charge is 2.29. The Morgan fingerprint density at radius 2 is 1.65 bits per heavy atom. The van der Waals surface area contributed by atoms with Crippen molar-refractivity contribution >= 4 is 16.0 Å². The Bertz CT molecular complexity index is 889. The number of aliphatic carboxylic acids is 1. The van der Waals surface area contributed by atoms with Gasteiger partial charge in [0, 0.05) is 6.20 Å². The van der Waals surface area contributed by atoms with E-state index in [1.54, 1.807) is 26.2 Å². The average Bonchev–Trinajstić information content (AvgIpc) is 3.08. The molecule has 1 heterocycles. The van der Waals surface area contributed by atoms with Crippen LogP contribution in [-0.4, -0.2) is 35.7 Å². The van der Waals surface area contributed by atoms with E-state index in [9.17, 15) is 18.3 Å². The Morgan fingerprint density at radius 3 is 2.12 bits per heavy atom. The molecule has 0 spiro atoms. The zero-order valence-electron chi connectivity index (χ0n) is 15.7. The summed E-state index contributed by atoms with van der Waals surface area (Å²) < 4.78 is 28.3. The summed E-state index contributed by atoms with van der Waals surface area (Å²) in [5.41, 5.74) is 4.98. The molecule has 0 radical (unpaired) electrons. The van der Waals surface area contributed by atoms with Gasteiger partial charge in [-0.2, -0.15) is 9.82 Å². The zero-order chi connectivity index (χ0) is 19.6. The van der Waals surface area contributed by atoms with Gasteiger partial charge in [0.2, 0.25) is 10.0 Å². The minimum absolute atomic E-state index is 0.135. The molecule has 1 aromatic heterocycles. The number of carboxylic acid groups (broad SMARTS) is 1. The molecule has 7 nitrogen and oxygen atoms in total. The van der Waals surface area contributed by atoms with Crippen LogP contribution in [-0.2, 0) is 21.2 Å². The SMILES string of the molecule is Cc1c(C)c(C)c(S(=O)(=O)NC(CCc2cn[nH]c2)C(=O)O)c(C)c1C. The first-order chi connectivity index (χ1) is 12.1. The number of benzene rings is 1. The first-order valence-corrected chi connectivity index (χ1v) is 9.84. The van der Waals surface area contributed by atoms with E-state index < -0.39 is 22.0 Å². The number of hydrogen-bond acceptors (Lipinski definition) is 4. The summed E-state index contributed by atoms with van der Waals surface area (Å²) in [4.78, 5) is 11.7. The monoisotopic (exact) mass is 379 g/mol. The number of carbonyl (C=O) groups is 1. The first-order valence-electron chi connectivity index (χ1n) is 8.36. The summed E-state index contributed by atoms with van der Waals surface area (Å²) in [7, 11) is -3.97. The van der Waals surface area contributed by atoms with Gasteiger partial charge in [-0.3, -0.25) is 9.89 Å². The number of rotatable bonds is 7. The maximum Gasteiger partial charge on any atom is 0.321 e. The molecule has 1 unspecified atom stereocenters. The van der Waals surface area contributed by atoms with Crippen LogP contribution < -0.4 is 4.72 Å². The summed E-state index contributed by atoms with van der Waals surface area (Å²) in [6.45, 7) is 9.22. The van der Waals surface area contributed by atoms with E-state index in [0.29, 0.717) is 17.5 Å². The van der Waals surface area contributed by atoms with Crippen LogP contribution >= 0.6 is 0 Å². The third-order valence-corrected chi connectivity index (χ3v) is 6.82. The van der Waals surface area contributed by atoms with Crippen molar-refractivity contribution in [3.8, 4) is 0 Å². The highest BCUT2D eigenvalue weighted by Crippen LogP contribution is 2.29. The summed E-state index contributed by atoms with van der Waals surface area (Å²) in [6.07, 6.45) is 3.79. The summed E-state index contributed by atoms with van der Waals surface area (Å²) >= 11 is 0. The summed E-state index contributed by atoms with van der Waals surface area (Å²) in [5, 5.41) is 15.9. The van der Waals surface area contributed by atoms with Crippen molar-refractivity contribution in [2.24, 2.45) is 0 Å². The van der Waals surface area contributed by atoms with Crippen molar-refractivity contribution in [3.63, 3.8) is 0 Å². The molecule has 26 heavy (non-hydrogen) atoms. The second-order valence-electron chi connectivity index (χ2n) is 6.61. The van der Waals surface area contributed by atoms with E-state index in [-0.39, 0.29) is 11.3 Å². The van der Waals surface area contributed by atoms with Gasteiger partial charge < -0.3 is 5.11 Å². The molecule has 0 amide bonds. The number of aryl methyl sites for hydroxylation is 1. The van der Waals surface area contributed by atoms with Crippen molar-refractivity contribution in [1.82, 2.24) is 14.9 Å². The van der Waals surface area contributed by atoms with Crippen molar-refractivity contribution in [2.75, 3.05) is 0 Å². The molecule has 0 aliphatic heterocycles. The second-order valence-corrected chi connectivity index (χ2v) is 8.26. The van der Waals surface area contributed by atoms with Crippen LogP contribution in [0.1, 0.15) is 39.8 Å². The number of aromatic nitrogens is 2. The normalized spacial score (nSPS) is 13.0. The summed E-state index contributed by atoms with van der Waals surface area (Å²) in [6, 6.07) is -1.21. The van der Waals surface area contributed by atoms with Gasteiger partial charge in [-0.25, -0.2) is 8.42 Å². The van der Waals surface area contributed by atoms with Crippen molar-refractivity contribution in [3.05, 3.63) is 45.8 Å². The Labute approximate surface area is 153 Å². The Balaban J connectivity index is 2.35. The lowest BCUT2D eigenvalue weighted by Crippen LogP contribution is -2.41. The number of nitrogens with zero attached hydrogens (tertiary/aromatic N) is 1. The summed E-state index contributed by atoms with van der Waals surface area (Å²) in [5.74, 6) is -1.20. The van der Waals surface area contributed by atoms with E-state index in [0.717, 1.165) is 22.3 Å².